The van der Waals surface area contributed by atoms with Gasteiger partial charge >= 0.3 is 0 Å². The lowest BCUT2D eigenvalue weighted by Gasteiger charge is -1.98. The van der Waals surface area contributed by atoms with Crippen LogP contribution in [0.2, 0.25) is 0 Å². The fourth-order valence-electron chi connectivity index (χ4n) is 1.75. The van der Waals surface area contributed by atoms with Gasteiger partial charge in [0.15, 0.2) is 0 Å². The zero-order valence-corrected chi connectivity index (χ0v) is 9.61. The molecule has 0 aliphatic carbocycles. The number of benzene rings is 1. The SMILES string of the molecule is OCc1cnc(-c2cnn(-c3ccccc3)c2)[nH]1. The highest BCUT2D eigenvalue weighted by molar-refractivity contribution is 5.53. The molecule has 0 amide bonds. The Labute approximate surface area is 104 Å². The summed E-state index contributed by atoms with van der Waals surface area (Å²) in [6, 6.07) is 9.87. The Kier molecular flexibility index (Phi) is 2.66. The number of hydrogen-bond donors (Lipinski definition) is 2. The number of H-pyrrole nitrogens is 1. The van der Waals surface area contributed by atoms with Crippen molar-refractivity contribution in [1.82, 2.24) is 19.7 Å². The quantitative estimate of drug-likeness (QED) is 0.733. The summed E-state index contributed by atoms with van der Waals surface area (Å²) in [5, 5.41) is 13.3. The molecule has 0 aliphatic heterocycles. The number of aromatic nitrogens is 4. The first-order valence-electron chi connectivity index (χ1n) is 5.62. The van der Waals surface area contributed by atoms with Crippen LogP contribution in [0.15, 0.2) is 48.9 Å². The molecular weight excluding hydrogens is 228 g/mol. The van der Waals surface area contributed by atoms with E-state index in [0.717, 1.165) is 11.3 Å². The first-order chi connectivity index (χ1) is 8.86. The molecule has 0 aliphatic rings. The molecule has 0 spiro atoms. The van der Waals surface area contributed by atoms with Gasteiger partial charge in [-0.25, -0.2) is 9.67 Å². The van der Waals surface area contributed by atoms with Crippen LogP contribution in [0.5, 0.6) is 0 Å². The molecule has 2 aromatic heterocycles. The largest absolute Gasteiger partial charge is 0.390 e. The van der Waals surface area contributed by atoms with Gasteiger partial charge in [0, 0.05) is 6.20 Å². The molecule has 5 nitrogen and oxygen atoms in total. The second-order valence-electron chi connectivity index (χ2n) is 3.92. The van der Waals surface area contributed by atoms with Crippen LogP contribution in [-0.2, 0) is 6.61 Å². The molecule has 0 radical (unpaired) electrons. The number of para-hydroxylation sites is 1. The fraction of sp³-hybridized carbons (Fsp3) is 0.0769. The molecule has 1 aromatic carbocycles. The predicted octanol–water partition coefficient (Wildman–Crippen LogP) is 1.75. The van der Waals surface area contributed by atoms with E-state index in [2.05, 4.69) is 15.1 Å². The van der Waals surface area contributed by atoms with Gasteiger partial charge in [-0.15, -0.1) is 0 Å². The number of hydrogen-bond acceptors (Lipinski definition) is 3. The zero-order chi connectivity index (χ0) is 12.4. The summed E-state index contributed by atoms with van der Waals surface area (Å²) in [4.78, 5) is 7.22. The maximum atomic E-state index is 8.99. The van der Waals surface area contributed by atoms with E-state index in [-0.39, 0.29) is 6.61 Å². The summed E-state index contributed by atoms with van der Waals surface area (Å²) in [5.41, 5.74) is 2.58. The van der Waals surface area contributed by atoms with Crippen molar-refractivity contribution in [1.29, 1.82) is 0 Å². The van der Waals surface area contributed by atoms with Gasteiger partial charge in [-0.05, 0) is 12.1 Å². The van der Waals surface area contributed by atoms with Crippen LogP contribution in [-0.4, -0.2) is 24.9 Å². The van der Waals surface area contributed by atoms with Crippen LogP contribution in [0, 0.1) is 0 Å². The average Bonchev–Trinajstić information content (AvgIpc) is 3.08. The highest BCUT2D eigenvalue weighted by Gasteiger charge is 2.06. The van der Waals surface area contributed by atoms with Crippen molar-refractivity contribution in [2.45, 2.75) is 6.61 Å². The highest BCUT2D eigenvalue weighted by atomic mass is 16.3. The van der Waals surface area contributed by atoms with Gasteiger partial charge < -0.3 is 10.1 Å². The molecule has 5 heteroatoms. The summed E-state index contributed by atoms with van der Waals surface area (Å²) >= 11 is 0. The fourth-order valence-corrected chi connectivity index (χ4v) is 1.75. The minimum atomic E-state index is -0.0418. The molecule has 0 saturated carbocycles. The number of aromatic amines is 1. The van der Waals surface area contributed by atoms with E-state index in [0.29, 0.717) is 11.5 Å². The third-order valence-electron chi connectivity index (χ3n) is 2.68. The van der Waals surface area contributed by atoms with E-state index >= 15 is 0 Å². The first-order valence-corrected chi connectivity index (χ1v) is 5.62. The molecule has 2 N–H and O–H groups in total. The smallest absolute Gasteiger partial charge is 0.140 e. The number of aliphatic hydroxyl groups is 1. The van der Waals surface area contributed by atoms with E-state index < -0.39 is 0 Å². The zero-order valence-electron chi connectivity index (χ0n) is 9.61. The van der Waals surface area contributed by atoms with Gasteiger partial charge in [0.1, 0.15) is 5.82 Å². The number of nitrogens with zero attached hydrogens (tertiary/aromatic N) is 3. The number of nitrogens with one attached hydrogen (secondary N) is 1. The van der Waals surface area contributed by atoms with Gasteiger partial charge in [-0.3, -0.25) is 0 Å². The van der Waals surface area contributed by atoms with Crippen LogP contribution in [0.3, 0.4) is 0 Å². The van der Waals surface area contributed by atoms with Gasteiger partial charge in [-0.1, -0.05) is 18.2 Å². The average molecular weight is 240 g/mol. The summed E-state index contributed by atoms with van der Waals surface area (Å²) in [6.45, 7) is -0.0418. The lowest BCUT2D eigenvalue weighted by molar-refractivity contribution is 0.277. The van der Waals surface area contributed by atoms with E-state index in [4.69, 9.17) is 5.11 Å². The molecular formula is C13H12N4O. The topological polar surface area (TPSA) is 66.7 Å². The maximum Gasteiger partial charge on any atom is 0.140 e. The molecule has 0 bridgehead atoms. The van der Waals surface area contributed by atoms with E-state index in [1.807, 2.05) is 36.5 Å². The molecule has 0 saturated heterocycles. The third kappa shape index (κ3) is 1.91. The Balaban J connectivity index is 1.94. The Morgan fingerprint density at radius 2 is 2.00 bits per heavy atom. The Morgan fingerprint density at radius 1 is 1.17 bits per heavy atom. The van der Waals surface area contributed by atoms with Crippen molar-refractivity contribution >= 4 is 0 Å². The Morgan fingerprint density at radius 3 is 2.72 bits per heavy atom. The minimum absolute atomic E-state index is 0.0418. The van der Waals surface area contributed by atoms with Gasteiger partial charge in [0.2, 0.25) is 0 Å². The number of rotatable bonds is 3. The van der Waals surface area contributed by atoms with Gasteiger partial charge in [-0.2, -0.15) is 5.10 Å². The molecule has 3 rings (SSSR count). The minimum Gasteiger partial charge on any atom is -0.390 e. The second-order valence-corrected chi connectivity index (χ2v) is 3.92. The molecule has 2 heterocycles. The van der Waals surface area contributed by atoms with Crippen molar-refractivity contribution in [2.24, 2.45) is 0 Å². The summed E-state index contributed by atoms with van der Waals surface area (Å²) in [6.07, 6.45) is 5.26. The van der Waals surface area contributed by atoms with Crippen LogP contribution in [0.4, 0.5) is 0 Å². The number of imidazole rings is 1. The summed E-state index contributed by atoms with van der Waals surface area (Å²) in [5.74, 6) is 0.709. The molecule has 0 atom stereocenters. The lowest BCUT2D eigenvalue weighted by atomic mass is 10.3. The van der Waals surface area contributed by atoms with Crippen LogP contribution in [0.1, 0.15) is 5.69 Å². The summed E-state index contributed by atoms with van der Waals surface area (Å²) < 4.78 is 1.79. The van der Waals surface area contributed by atoms with Crippen molar-refractivity contribution in [3.8, 4) is 17.1 Å². The predicted molar refractivity (Wildman–Crippen MR) is 67.1 cm³/mol. The normalized spacial score (nSPS) is 10.7. The molecule has 18 heavy (non-hydrogen) atoms. The molecule has 0 fully saturated rings. The Bertz CT molecular complexity index is 642. The standard InChI is InChI=1S/C13H12N4O/c18-9-11-7-14-13(16-11)10-6-15-17(8-10)12-4-2-1-3-5-12/h1-8,18H,9H2,(H,14,16). The second kappa shape index (κ2) is 4.46. The van der Waals surface area contributed by atoms with Crippen LogP contribution >= 0.6 is 0 Å². The monoisotopic (exact) mass is 240 g/mol. The van der Waals surface area contributed by atoms with Crippen molar-refractivity contribution in [3.05, 3.63) is 54.6 Å². The van der Waals surface area contributed by atoms with E-state index in [1.165, 1.54) is 0 Å². The van der Waals surface area contributed by atoms with Crippen molar-refractivity contribution in [3.63, 3.8) is 0 Å². The maximum absolute atomic E-state index is 8.99. The highest BCUT2D eigenvalue weighted by Crippen LogP contribution is 2.16. The van der Waals surface area contributed by atoms with Crippen LogP contribution in [0.25, 0.3) is 17.1 Å². The Hall–Kier alpha value is -2.40. The lowest BCUT2D eigenvalue weighted by Crippen LogP contribution is -1.92. The first kappa shape index (κ1) is 10.7. The number of aliphatic hydroxyl groups excluding tert-OH is 1. The summed E-state index contributed by atoms with van der Waals surface area (Å²) in [7, 11) is 0. The molecule has 0 unspecified atom stereocenters. The molecule has 90 valence electrons. The van der Waals surface area contributed by atoms with E-state index in [9.17, 15) is 0 Å². The molecule has 3 aromatic rings. The van der Waals surface area contributed by atoms with Crippen molar-refractivity contribution < 1.29 is 5.11 Å². The van der Waals surface area contributed by atoms with E-state index in [1.54, 1.807) is 17.1 Å². The van der Waals surface area contributed by atoms with Gasteiger partial charge in [0.25, 0.3) is 0 Å². The van der Waals surface area contributed by atoms with Crippen molar-refractivity contribution in [2.75, 3.05) is 0 Å². The van der Waals surface area contributed by atoms with Crippen LogP contribution < -0.4 is 0 Å². The van der Waals surface area contributed by atoms with Gasteiger partial charge in [0.05, 0.1) is 35.9 Å². The third-order valence-corrected chi connectivity index (χ3v) is 2.68.